The molecule has 3 unspecified atom stereocenters. The standard InChI is InChI=1S/C25H29N3O3/c1-17-7-4-10-26-23(13-17)29-20-14-21(30-24-18(2)8-5-11-27-24)16-22(15-20)31-25-19(3)9-6-12-28-25/h4-8,10-12,14,16,19-20,24,27H,9,13,15H2,1-3H3. The topological polar surface area (TPSA) is 64.4 Å². The van der Waals surface area contributed by atoms with Crippen LogP contribution in [0.5, 0.6) is 0 Å². The molecule has 4 rings (SSSR count). The number of rotatable bonds is 4. The van der Waals surface area contributed by atoms with Crippen LogP contribution >= 0.6 is 0 Å². The van der Waals surface area contributed by atoms with Gasteiger partial charge >= 0.3 is 0 Å². The maximum atomic E-state index is 6.25. The van der Waals surface area contributed by atoms with Crippen LogP contribution in [0.1, 0.15) is 40.0 Å². The van der Waals surface area contributed by atoms with Crippen molar-refractivity contribution in [1.82, 2.24) is 5.32 Å². The number of ether oxygens (including phenoxy) is 3. The predicted molar refractivity (Wildman–Crippen MR) is 123 cm³/mol. The number of aliphatic imine (C=N–C) groups is 2. The summed E-state index contributed by atoms with van der Waals surface area (Å²) >= 11 is 0. The molecule has 0 spiro atoms. The zero-order valence-electron chi connectivity index (χ0n) is 18.2. The van der Waals surface area contributed by atoms with E-state index in [2.05, 4.69) is 35.2 Å². The van der Waals surface area contributed by atoms with E-state index in [-0.39, 0.29) is 18.2 Å². The molecular weight excluding hydrogens is 390 g/mol. The van der Waals surface area contributed by atoms with Gasteiger partial charge in [0.2, 0.25) is 0 Å². The van der Waals surface area contributed by atoms with E-state index in [4.69, 9.17) is 14.2 Å². The number of nitrogens with zero attached hydrogens (tertiary/aromatic N) is 2. The molecule has 0 bridgehead atoms. The summed E-state index contributed by atoms with van der Waals surface area (Å²) in [4.78, 5) is 8.86. The minimum atomic E-state index is -0.244. The maximum absolute atomic E-state index is 6.25. The van der Waals surface area contributed by atoms with Crippen LogP contribution in [0, 0.1) is 5.92 Å². The van der Waals surface area contributed by atoms with Crippen molar-refractivity contribution in [3.05, 3.63) is 83.8 Å². The Morgan fingerprint density at radius 2 is 1.97 bits per heavy atom. The second-order valence-corrected chi connectivity index (χ2v) is 8.12. The molecule has 3 heterocycles. The fourth-order valence-corrected chi connectivity index (χ4v) is 3.55. The quantitative estimate of drug-likeness (QED) is 0.682. The Hall–Kier alpha value is -3.28. The van der Waals surface area contributed by atoms with Crippen LogP contribution in [0.15, 0.2) is 93.8 Å². The number of allylic oxidation sites excluding steroid dienone is 6. The first-order valence-corrected chi connectivity index (χ1v) is 10.7. The van der Waals surface area contributed by atoms with Gasteiger partial charge in [-0.15, -0.1) is 0 Å². The number of nitrogens with one attached hydrogen (secondary N) is 1. The van der Waals surface area contributed by atoms with Crippen molar-refractivity contribution in [2.75, 3.05) is 0 Å². The summed E-state index contributed by atoms with van der Waals surface area (Å²) in [6.07, 6.45) is 21.1. The van der Waals surface area contributed by atoms with Crippen molar-refractivity contribution in [1.29, 1.82) is 0 Å². The summed E-state index contributed by atoms with van der Waals surface area (Å²) in [6.45, 7) is 6.22. The van der Waals surface area contributed by atoms with E-state index in [0.29, 0.717) is 24.5 Å². The lowest BCUT2D eigenvalue weighted by Crippen LogP contribution is -2.31. The summed E-state index contributed by atoms with van der Waals surface area (Å²) in [6, 6.07) is 0. The Labute approximate surface area is 183 Å². The smallest absolute Gasteiger partial charge is 0.197 e. The summed E-state index contributed by atoms with van der Waals surface area (Å²) in [5, 5.41) is 3.23. The second kappa shape index (κ2) is 9.69. The average molecular weight is 420 g/mol. The molecule has 0 radical (unpaired) electrons. The number of hydrogen-bond donors (Lipinski definition) is 1. The molecule has 4 aliphatic rings. The average Bonchev–Trinajstić information content (AvgIpc) is 2.95. The molecule has 1 aliphatic carbocycles. The monoisotopic (exact) mass is 419 g/mol. The molecule has 0 aromatic rings. The van der Waals surface area contributed by atoms with Crippen LogP contribution in [-0.4, -0.2) is 24.1 Å². The first kappa shape index (κ1) is 21.0. The Morgan fingerprint density at radius 3 is 2.81 bits per heavy atom. The van der Waals surface area contributed by atoms with Crippen LogP contribution in [0.2, 0.25) is 0 Å². The van der Waals surface area contributed by atoms with E-state index in [0.717, 1.165) is 23.7 Å². The third-order valence-corrected chi connectivity index (χ3v) is 5.28. The summed E-state index contributed by atoms with van der Waals surface area (Å²) < 4.78 is 18.7. The Balaban J connectivity index is 1.53. The van der Waals surface area contributed by atoms with Crippen molar-refractivity contribution in [2.24, 2.45) is 15.9 Å². The highest BCUT2D eigenvalue weighted by atomic mass is 16.5. The molecule has 1 N–H and O–H groups in total. The zero-order chi connectivity index (χ0) is 21.6. The van der Waals surface area contributed by atoms with Gasteiger partial charge in [0.25, 0.3) is 0 Å². The lowest BCUT2D eigenvalue weighted by molar-refractivity contribution is 0.122. The molecule has 6 nitrogen and oxygen atoms in total. The van der Waals surface area contributed by atoms with E-state index in [9.17, 15) is 0 Å². The lowest BCUT2D eigenvalue weighted by Gasteiger charge is -2.28. The van der Waals surface area contributed by atoms with Gasteiger partial charge in [0.1, 0.15) is 17.6 Å². The highest BCUT2D eigenvalue weighted by molar-refractivity contribution is 5.81. The highest BCUT2D eigenvalue weighted by Gasteiger charge is 2.25. The second-order valence-electron chi connectivity index (χ2n) is 8.12. The van der Waals surface area contributed by atoms with Crippen molar-refractivity contribution < 1.29 is 14.2 Å². The summed E-state index contributed by atoms with van der Waals surface area (Å²) in [7, 11) is 0. The van der Waals surface area contributed by atoms with E-state index in [1.165, 1.54) is 5.57 Å². The maximum Gasteiger partial charge on any atom is 0.197 e. The Morgan fingerprint density at radius 1 is 1.06 bits per heavy atom. The molecule has 3 aliphatic heterocycles. The fourth-order valence-electron chi connectivity index (χ4n) is 3.55. The van der Waals surface area contributed by atoms with Gasteiger partial charge in [-0.1, -0.05) is 30.7 Å². The molecule has 6 heteroatoms. The molecule has 0 aromatic heterocycles. The highest BCUT2D eigenvalue weighted by Crippen LogP contribution is 2.27. The van der Waals surface area contributed by atoms with Gasteiger partial charge in [-0.3, -0.25) is 0 Å². The molecular formula is C25H29N3O3. The van der Waals surface area contributed by atoms with E-state index in [1.54, 1.807) is 12.4 Å². The molecule has 31 heavy (non-hydrogen) atoms. The zero-order valence-corrected chi connectivity index (χ0v) is 18.2. The minimum Gasteiger partial charge on any atom is -0.472 e. The Bertz CT molecular complexity index is 976. The molecule has 0 aromatic carbocycles. The van der Waals surface area contributed by atoms with Crippen molar-refractivity contribution in [3.63, 3.8) is 0 Å². The predicted octanol–water partition coefficient (Wildman–Crippen LogP) is 5.18. The third-order valence-electron chi connectivity index (χ3n) is 5.28. The fraction of sp³-hybridized carbons (Fsp3) is 0.360. The minimum absolute atomic E-state index is 0.232. The third kappa shape index (κ3) is 5.66. The first-order valence-electron chi connectivity index (χ1n) is 10.7. The van der Waals surface area contributed by atoms with Crippen molar-refractivity contribution in [2.45, 2.75) is 52.4 Å². The van der Waals surface area contributed by atoms with Gasteiger partial charge in [-0.2, -0.15) is 0 Å². The van der Waals surface area contributed by atoms with E-state index in [1.807, 2.05) is 49.6 Å². The van der Waals surface area contributed by atoms with Crippen LogP contribution in [0.4, 0.5) is 0 Å². The number of dihydropyridines is 1. The van der Waals surface area contributed by atoms with Crippen LogP contribution < -0.4 is 5.32 Å². The van der Waals surface area contributed by atoms with Gasteiger partial charge in [0.05, 0.1) is 0 Å². The van der Waals surface area contributed by atoms with Crippen molar-refractivity contribution >= 4 is 11.8 Å². The lowest BCUT2D eigenvalue weighted by atomic mass is 10.1. The van der Waals surface area contributed by atoms with E-state index < -0.39 is 0 Å². The summed E-state index contributed by atoms with van der Waals surface area (Å²) in [5.74, 6) is 3.11. The van der Waals surface area contributed by atoms with Crippen LogP contribution in [0.25, 0.3) is 0 Å². The first-order chi connectivity index (χ1) is 15.1. The number of hydrogen-bond acceptors (Lipinski definition) is 6. The van der Waals surface area contributed by atoms with Gasteiger partial charge in [0, 0.05) is 37.2 Å². The SMILES string of the molecule is CC1=CC=CN=C(OC2C=C(OC3NC=CC=C3C)C=C(OC3=NC=CCC3C)C2)C1. The van der Waals surface area contributed by atoms with Gasteiger partial charge in [0.15, 0.2) is 18.0 Å². The Kier molecular flexibility index (Phi) is 6.55. The molecule has 162 valence electrons. The molecule has 0 amide bonds. The molecule has 0 saturated heterocycles. The summed E-state index contributed by atoms with van der Waals surface area (Å²) in [5.41, 5.74) is 2.30. The van der Waals surface area contributed by atoms with Gasteiger partial charge < -0.3 is 19.5 Å². The van der Waals surface area contributed by atoms with Crippen LogP contribution in [-0.2, 0) is 14.2 Å². The molecule has 0 fully saturated rings. The normalized spacial score (nSPS) is 27.5. The van der Waals surface area contributed by atoms with E-state index >= 15 is 0 Å². The van der Waals surface area contributed by atoms with Crippen molar-refractivity contribution in [3.8, 4) is 0 Å². The van der Waals surface area contributed by atoms with Crippen LogP contribution in [0.3, 0.4) is 0 Å². The van der Waals surface area contributed by atoms with Gasteiger partial charge in [-0.05, 0) is 50.3 Å². The van der Waals surface area contributed by atoms with Gasteiger partial charge in [-0.25, -0.2) is 9.98 Å². The molecule has 0 saturated carbocycles. The largest absolute Gasteiger partial charge is 0.472 e. The molecule has 3 atom stereocenters.